The van der Waals surface area contributed by atoms with Crippen LogP contribution in [0.25, 0.3) is 11.1 Å². The summed E-state index contributed by atoms with van der Waals surface area (Å²) in [5.41, 5.74) is 6.47. The molecule has 0 saturated heterocycles. The van der Waals surface area contributed by atoms with Crippen LogP contribution >= 0.6 is 0 Å². The fraction of sp³-hybridized carbons (Fsp3) is 0.250. The van der Waals surface area contributed by atoms with Gasteiger partial charge in [-0.25, -0.2) is 0 Å². The van der Waals surface area contributed by atoms with Crippen molar-refractivity contribution < 1.29 is 10.2 Å². The maximum absolute atomic E-state index is 9.61. The second-order valence-electron chi connectivity index (χ2n) is 4.91. The first-order chi connectivity index (χ1) is 8.40. The molecule has 0 atom stereocenters. The Bertz CT molecular complexity index is 511. The summed E-state index contributed by atoms with van der Waals surface area (Å²) in [6, 6.07) is 7.09. The third kappa shape index (κ3) is 2.06. The lowest BCUT2D eigenvalue weighted by atomic mass is 9.89. The third-order valence-electron chi connectivity index (χ3n) is 3.28. The van der Waals surface area contributed by atoms with Crippen molar-refractivity contribution in [1.29, 1.82) is 0 Å². The van der Waals surface area contributed by atoms with Gasteiger partial charge in [-0.05, 0) is 85.3 Å². The van der Waals surface area contributed by atoms with Crippen molar-refractivity contribution in [2.75, 3.05) is 0 Å². The molecule has 0 amide bonds. The van der Waals surface area contributed by atoms with E-state index in [-0.39, 0.29) is 0 Å². The molecule has 2 nitrogen and oxygen atoms in total. The molecule has 0 aliphatic carbocycles. The number of aryl methyl sites for hydroxylation is 4. The highest BCUT2D eigenvalue weighted by Gasteiger charge is 2.13. The zero-order chi connectivity index (χ0) is 13.4. The highest BCUT2D eigenvalue weighted by atomic mass is 16.3. The van der Waals surface area contributed by atoms with E-state index < -0.39 is 0 Å². The van der Waals surface area contributed by atoms with E-state index in [0.29, 0.717) is 11.5 Å². The maximum Gasteiger partial charge on any atom is 0.116 e. The molecule has 0 heterocycles. The molecule has 0 fully saturated rings. The van der Waals surface area contributed by atoms with E-state index >= 15 is 0 Å². The minimum atomic E-state index is 0.294. The zero-order valence-electron chi connectivity index (χ0n) is 11.2. The van der Waals surface area contributed by atoms with E-state index in [1.54, 1.807) is 24.3 Å². The summed E-state index contributed by atoms with van der Waals surface area (Å²) in [6.07, 6.45) is 0. The number of phenolic OH excluding ortho intramolecular Hbond substituents is 2. The summed E-state index contributed by atoms with van der Waals surface area (Å²) in [5, 5.41) is 19.2. The van der Waals surface area contributed by atoms with Crippen LogP contribution in [0.5, 0.6) is 11.5 Å². The zero-order valence-corrected chi connectivity index (χ0v) is 11.2. The predicted octanol–water partition coefficient (Wildman–Crippen LogP) is 4.00. The molecule has 0 radical (unpaired) electrons. The Labute approximate surface area is 108 Å². The van der Waals surface area contributed by atoms with Gasteiger partial charge in [0.1, 0.15) is 11.5 Å². The Morgan fingerprint density at radius 3 is 1.00 bits per heavy atom. The summed E-state index contributed by atoms with van der Waals surface area (Å²) in [5.74, 6) is 0.589. The van der Waals surface area contributed by atoms with Crippen molar-refractivity contribution >= 4 is 0 Å². The van der Waals surface area contributed by atoms with Gasteiger partial charge in [-0.15, -0.1) is 0 Å². The predicted molar refractivity (Wildman–Crippen MR) is 74.2 cm³/mol. The monoisotopic (exact) mass is 242 g/mol. The summed E-state index contributed by atoms with van der Waals surface area (Å²) >= 11 is 0. The topological polar surface area (TPSA) is 40.5 Å². The fourth-order valence-electron chi connectivity index (χ4n) is 2.67. The third-order valence-corrected chi connectivity index (χ3v) is 3.28. The summed E-state index contributed by atoms with van der Waals surface area (Å²) in [4.78, 5) is 0. The highest BCUT2D eigenvalue weighted by Crippen LogP contribution is 2.36. The van der Waals surface area contributed by atoms with Gasteiger partial charge in [0.25, 0.3) is 0 Å². The average Bonchev–Trinajstić information content (AvgIpc) is 2.20. The van der Waals surface area contributed by atoms with Crippen molar-refractivity contribution in [3.8, 4) is 22.6 Å². The average molecular weight is 242 g/mol. The van der Waals surface area contributed by atoms with Crippen LogP contribution in [0.2, 0.25) is 0 Å². The van der Waals surface area contributed by atoms with Gasteiger partial charge in [0.05, 0.1) is 0 Å². The molecule has 0 unspecified atom stereocenters. The van der Waals surface area contributed by atoms with E-state index in [9.17, 15) is 10.2 Å². The molecule has 2 heteroatoms. The molecule has 0 bridgehead atoms. The van der Waals surface area contributed by atoms with Gasteiger partial charge < -0.3 is 10.2 Å². The van der Waals surface area contributed by atoms with Crippen LogP contribution in [0.3, 0.4) is 0 Å². The number of phenols is 2. The quantitative estimate of drug-likeness (QED) is 0.793. The summed E-state index contributed by atoms with van der Waals surface area (Å²) < 4.78 is 0. The van der Waals surface area contributed by atoms with Crippen molar-refractivity contribution in [1.82, 2.24) is 0 Å². The number of aromatic hydroxyl groups is 2. The van der Waals surface area contributed by atoms with E-state index in [4.69, 9.17) is 0 Å². The van der Waals surface area contributed by atoms with Gasteiger partial charge in [0.2, 0.25) is 0 Å². The molecule has 2 aromatic rings. The first kappa shape index (κ1) is 12.5. The molecular weight excluding hydrogens is 224 g/mol. The van der Waals surface area contributed by atoms with Crippen molar-refractivity contribution in [2.45, 2.75) is 27.7 Å². The molecule has 2 aromatic carbocycles. The van der Waals surface area contributed by atoms with Gasteiger partial charge in [0, 0.05) is 0 Å². The maximum atomic E-state index is 9.61. The Morgan fingerprint density at radius 1 is 0.556 bits per heavy atom. The second-order valence-corrected chi connectivity index (χ2v) is 4.91. The minimum absolute atomic E-state index is 0.294. The van der Waals surface area contributed by atoms with Gasteiger partial charge in [-0.3, -0.25) is 0 Å². The molecular formula is C16H18O2. The first-order valence-corrected chi connectivity index (χ1v) is 6.01. The molecule has 2 rings (SSSR count). The molecule has 0 spiro atoms. The number of hydrogen-bond donors (Lipinski definition) is 2. The second kappa shape index (κ2) is 4.37. The first-order valence-electron chi connectivity index (χ1n) is 6.01. The van der Waals surface area contributed by atoms with Crippen LogP contribution in [0.1, 0.15) is 22.3 Å². The van der Waals surface area contributed by atoms with E-state index in [1.807, 2.05) is 27.7 Å². The molecule has 2 N–H and O–H groups in total. The minimum Gasteiger partial charge on any atom is -0.508 e. The lowest BCUT2D eigenvalue weighted by Gasteiger charge is -2.16. The van der Waals surface area contributed by atoms with Crippen molar-refractivity contribution in [3.05, 3.63) is 46.5 Å². The molecule has 0 saturated carbocycles. The molecule has 94 valence electrons. The van der Waals surface area contributed by atoms with Crippen LogP contribution in [0, 0.1) is 27.7 Å². The van der Waals surface area contributed by atoms with Gasteiger partial charge in [-0.2, -0.15) is 0 Å². The standard InChI is InChI=1S/C16H18O2/c1-9-5-13(17)6-10(2)15(9)16-11(3)7-14(18)8-12(16)4/h5-8,17-18H,1-4H3. The molecule has 0 aliphatic heterocycles. The normalized spacial score (nSPS) is 10.7. The van der Waals surface area contributed by atoms with Crippen LogP contribution in [0.15, 0.2) is 24.3 Å². The van der Waals surface area contributed by atoms with E-state index in [1.165, 1.54) is 0 Å². The van der Waals surface area contributed by atoms with Crippen LogP contribution in [0.4, 0.5) is 0 Å². The lowest BCUT2D eigenvalue weighted by molar-refractivity contribution is 0.473. The number of benzene rings is 2. The lowest BCUT2D eigenvalue weighted by Crippen LogP contribution is -1.94. The molecule has 18 heavy (non-hydrogen) atoms. The number of rotatable bonds is 1. The Morgan fingerprint density at radius 2 is 0.778 bits per heavy atom. The molecule has 0 aromatic heterocycles. The van der Waals surface area contributed by atoms with Crippen molar-refractivity contribution in [3.63, 3.8) is 0 Å². The Hall–Kier alpha value is -1.96. The summed E-state index contributed by atoms with van der Waals surface area (Å²) in [6.45, 7) is 7.98. The van der Waals surface area contributed by atoms with Gasteiger partial charge in [0.15, 0.2) is 0 Å². The van der Waals surface area contributed by atoms with Crippen LogP contribution < -0.4 is 0 Å². The largest absolute Gasteiger partial charge is 0.508 e. The van der Waals surface area contributed by atoms with Crippen LogP contribution in [-0.2, 0) is 0 Å². The van der Waals surface area contributed by atoms with Crippen LogP contribution in [-0.4, -0.2) is 10.2 Å². The van der Waals surface area contributed by atoms with Gasteiger partial charge >= 0.3 is 0 Å². The van der Waals surface area contributed by atoms with E-state index in [0.717, 1.165) is 33.4 Å². The smallest absolute Gasteiger partial charge is 0.116 e. The van der Waals surface area contributed by atoms with Gasteiger partial charge in [-0.1, -0.05) is 0 Å². The molecule has 0 aliphatic rings. The van der Waals surface area contributed by atoms with E-state index in [2.05, 4.69) is 0 Å². The fourth-order valence-corrected chi connectivity index (χ4v) is 2.67. The SMILES string of the molecule is Cc1cc(O)cc(C)c1-c1c(C)cc(O)cc1C. The highest BCUT2D eigenvalue weighted by molar-refractivity contribution is 5.77. The van der Waals surface area contributed by atoms with Crippen molar-refractivity contribution in [2.24, 2.45) is 0 Å². The summed E-state index contributed by atoms with van der Waals surface area (Å²) in [7, 11) is 0. The Kier molecular flexibility index (Phi) is 3.04. The Balaban J connectivity index is 2.78. The number of hydrogen-bond acceptors (Lipinski definition) is 2.